The van der Waals surface area contributed by atoms with Crippen molar-refractivity contribution in [2.24, 2.45) is 0 Å². The number of hydrogen-bond donors (Lipinski definition) is 0. The van der Waals surface area contributed by atoms with E-state index in [1.165, 1.54) is 0 Å². The number of carbonyl (C=O) groups excluding carboxylic acids is 1. The van der Waals surface area contributed by atoms with Gasteiger partial charge in [-0.1, -0.05) is 40.2 Å². The van der Waals surface area contributed by atoms with Crippen LogP contribution in [0.25, 0.3) is 0 Å². The largest absolute Gasteiger partial charge is 0.311 e. The number of rotatable bonds is 2. The van der Waals surface area contributed by atoms with Crippen LogP contribution in [0.5, 0.6) is 0 Å². The van der Waals surface area contributed by atoms with Crippen molar-refractivity contribution in [2.75, 3.05) is 11.9 Å². The first-order valence-electron chi connectivity index (χ1n) is 5.69. The summed E-state index contributed by atoms with van der Waals surface area (Å²) in [6.07, 6.45) is 0. The van der Waals surface area contributed by atoms with Gasteiger partial charge in [0, 0.05) is 22.8 Å². The van der Waals surface area contributed by atoms with E-state index in [9.17, 15) is 4.79 Å². The van der Waals surface area contributed by atoms with Gasteiger partial charge in [-0.25, -0.2) is 0 Å². The molecule has 18 heavy (non-hydrogen) atoms. The second kappa shape index (κ2) is 5.36. The minimum absolute atomic E-state index is 0.0121. The third-order valence-electron chi connectivity index (χ3n) is 2.87. The van der Waals surface area contributed by atoms with Crippen LogP contribution in [0.2, 0.25) is 0 Å². The predicted octanol–water partition coefficient (Wildman–Crippen LogP) is 4.03. The third kappa shape index (κ3) is 2.62. The van der Waals surface area contributed by atoms with Gasteiger partial charge in [-0.3, -0.25) is 4.79 Å². The SMILES string of the molecule is Cc1ccc(C(=O)N(C)c2ccccc2)cc1Br. The predicted molar refractivity (Wildman–Crippen MR) is 78.1 cm³/mol. The zero-order valence-electron chi connectivity index (χ0n) is 10.4. The van der Waals surface area contributed by atoms with Crippen molar-refractivity contribution < 1.29 is 4.79 Å². The highest BCUT2D eigenvalue weighted by atomic mass is 79.9. The smallest absolute Gasteiger partial charge is 0.258 e. The summed E-state index contributed by atoms with van der Waals surface area (Å²) in [5.41, 5.74) is 2.69. The first-order chi connectivity index (χ1) is 8.59. The first-order valence-corrected chi connectivity index (χ1v) is 6.48. The summed E-state index contributed by atoms with van der Waals surface area (Å²) in [6.45, 7) is 2.00. The molecule has 0 saturated heterocycles. The zero-order valence-corrected chi connectivity index (χ0v) is 11.9. The Morgan fingerprint density at radius 3 is 2.39 bits per heavy atom. The number of hydrogen-bond acceptors (Lipinski definition) is 1. The maximum Gasteiger partial charge on any atom is 0.258 e. The van der Waals surface area contributed by atoms with E-state index in [0.29, 0.717) is 5.56 Å². The number of amides is 1. The van der Waals surface area contributed by atoms with Crippen LogP contribution in [0.3, 0.4) is 0 Å². The molecule has 2 aromatic carbocycles. The number of benzene rings is 2. The summed E-state index contributed by atoms with van der Waals surface area (Å²) < 4.78 is 0.954. The number of halogens is 1. The Morgan fingerprint density at radius 1 is 1.11 bits per heavy atom. The molecule has 0 aliphatic rings. The molecule has 0 unspecified atom stereocenters. The van der Waals surface area contributed by atoms with Crippen molar-refractivity contribution in [3.8, 4) is 0 Å². The summed E-state index contributed by atoms with van der Waals surface area (Å²) in [6, 6.07) is 15.3. The van der Waals surface area contributed by atoms with Gasteiger partial charge < -0.3 is 4.90 Å². The maximum absolute atomic E-state index is 12.3. The van der Waals surface area contributed by atoms with Crippen LogP contribution in [-0.2, 0) is 0 Å². The summed E-state index contributed by atoms with van der Waals surface area (Å²) in [5.74, 6) is -0.0121. The fraction of sp³-hybridized carbons (Fsp3) is 0.133. The van der Waals surface area contributed by atoms with E-state index in [1.54, 1.807) is 11.9 Å². The quantitative estimate of drug-likeness (QED) is 0.820. The van der Waals surface area contributed by atoms with Gasteiger partial charge in [0.2, 0.25) is 0 Å². The highest BCUT2D eigenvalue weighted by molar-refractivity contribution is 9.10. The van der Waals surface area contributed by atoms with Gasteiger partial charge in [-0.15, -0.1) is 0 Å². The Morgan fingerprint density at radius 2 is 1.78 bits per heavy atom. The molecule has 0 aromatic heterocycles. The summed E-state index contributed by atoms with van der Waals surface area (Å²) >= 11 is 3.45. The molecule has 0 saturated carbocycles. The van der Waals surface area contributed by atoms with E-state index >= 15 is 0 Å². The third-order valence-corrected chi connectivity index (χ3v) is 3.72. The number of nitrogens with zero attached hydrogens (tertiary/aromatic N) is 1. The van der Waals surface area contributed by atoms with E-state index in [2.05, 4.69) is 15.9 Å². The van der Waals surface area contributed by atoms with Gasteiger partial charge in [-0.2, -0.15) is 0 Å². The molecule has 2 aromatic rings. The normalized spacial score (nSPS) is 10.2. The lowest BCUT2D eigenvalue weighted by Gasteiger charge is -2.17. The lowest BCUT2D eigenvalue weighted by Crippen LogP contribution is -2.26. The van der Waals surface area contributed by atoms with Gasteiger partial charge in [-0.05, 0) is 36.8 Å². The highest BCUT2D eigenvalue weighted by Gasteiger charge is 2.13. The van der Waals surface area contributed by atoms with E-state index in [0.717, 1.165) is 15.7 Å². The van der Waals surface area contributed by atoms with E-state index in [-0.39, 0.29) is 5.91 Å². The van der Waals surface area contributed by atoms with E-state index in [1.807, 2.05) is 55.5 Å². The minimum atomic E-state index is -0.0121. The number of carbonyl (C=O) groups is 1. The maximum atomic E-state index is 12.3. The van der Waals surface area contributed by atoms with Crippen molar-refractivity contribution in [1.29, 1.82) is 0 Å². The monoisotopic (exact) mass is 303 g/mol. The Labute approximate surface area is 115 Å². The standard InChI is InChI=1S/C15H14BrNO/c1-11-8-9-12(10-14(11)16)15(18)17(2)13-6-4-3-5-7-13/h3-10H,1-2H3. The molecule has 0 atom stereocenters. The second-order valence-electron chi connectivity index (χ2n) is 4.16. The molecule has 0 heterocycles. The summed E-state index contributed by atoms with van der Waals surface area (Å²) in [5, 5.41) is 0. The molecule has 0 N–H and O–H groups in total. The van der Waals surface area contributed by atoms with Gasteiger partial charge in [0.25, 0.3) is 5.91 Å². The van der Waals surface area contributed by atoms with Gasteiger partial charge in [0.1, 0.15) is 0 Å². The number of anilines is 1. The fourth-order valence-electron chi connectivity index (χ4n) is 1.69. The van der Waals surface area contributed by atoms with E-state index < -0.39 is 0 Å². The molecule has 92 valence electrons. The molecule has 0 bridgehead atoms. The van der Waals surface area contributed by atoms with Crippen molar-refractivity contribution in [1.82, 2.24) is 0 Å². The first kappa shape index (κ1) is 12.8. The Bertz CT molecular complexity index is 566. The van der Waals surface area contributed by atoms with Crippen molar-refractivity contribution in [3.05, 3.63) is 64.1 Å². The topological polar surface area (TPSA) is 20.3 Å². The average Bonchev–Trinajstić information content (AvgIpc) is 2.41. The van der Waals surface area contributed by atoms with Crippen LogP contribution in [0, 0.1) is 6.92 Å². The lowest BCUT2D eigenvalue weighted by atomic mass is 10.1. The van der Waals surface area contributed by atoms with Crippen LogP contribution in [0.1, 0.15) is 15.9 Å². The minimum Gasteiger partial charge on any atom is -0.311 e. The fourth-order valence-corrected chi connectivity index (χ4v) is 2.07. The van der Waals surface area contributed by atoms with Crippen LogP contribution in [-0.4, -0.2) is 13.0 Å². The van der Waals surface area contributed by atoms with Crippen LogP contribution < -0.4 is 4.90 Å². The van der Waals surface area contributed by atoms with Gasteiger partial charge in [0.05, 0.1) is 0 Å². The van der Waals surface area contributed by atoms with Crippen molar-refractivity contribution in [3.63, 3.8) is 0 Å². The molecule has 3 heteroatoms. The molecule has 0 aliphatic heterocycles. The van der Waals surface area contributed by atoms with Crippen molar-refractivity contribution >= 4 is 27.5 Å². The number of para-hydroxylation sites is 1. The summed E-state index contributed by atoms with van der Waals surface area (Å²) in [4.78, 5) is 14.0. The van der Waals surface area contributed by atoms with Crippen molar-refractivity contribution in [2.45, 2.75) is 6.92 Å². The molecule has 0 radical (unpaired) electrons. The summed E-state index contributed by atoms with van der Waals surface area (Å²) in [7, 11) is 1.78. The van der Waals surface area contributed by atoms with Crippen LogP contribution in [0.15, 0.2) is 53.0 Å². The molecular weight excluding hydrogens is 290 g/mol. The van der Waals surface area contributed by atoms with Gasteiger partial charge in [0.15, 0.2) is 0 Å². The highest BCUT2D eigenvalue weighted by Crippen LogP contribution is 2.20. The molecule has 2 rings (SSSR count). The average molecular weight is 304 g/mol. The molecule has 0 aliphatic carbocycles. The number of aryl methyl sites for hydroxylation is 1. The Balaban J connectivity index is 2.29. The molecule has 0 fully saturated rings. The second-order valence-corrected chi connectivity index (χ2v) is 5.02. The zero-order chi connectivity index (χ0) is 13.1. The lowest BCUT2D eigenvalue weighted by molar-refractivity contribution is 0.0993. The van der Waals surface area contributed by atoms with Crippen LogP contribution in [0.4, 0.5) is 5.69 Å². The Kier molecular flexibility index (Phi) is 3.82. The molecule has 0 spiro atoms. The molecular formula is C15H14BrNO. The molecule has 2 nitrogen and oxygen atoms in total. The Hall–Kier alpha value is -1.61. The van der Waals surface area contributed by atoms with Gasteiger partial charge >= 0.3 is 0 Å². The van der Waals surface area contributed by atoms with E-state index in [4.69, 9.17) is 0 Å². The molecule has 1 amide bonds. The van der Waals surface area contributed by atoms with Crippen LogP contribution >= 0.6 is 15.9 Å².